The van der Waals surface area contributed by atoms with Crippen LogP contribution in [0.1, 0.15) is 22.5 Å². The first-order chi connectivity index (χ1) is 10.2. The summed E-state index contributed by atoms with van der Waals surface area (Å²) < 4.78 is 0. The molecule has 0 bridgehead atoms. The van der Waals surface area contributed by atoms with Gasteiger partial charge in [0, 0.05) is 31.2 Å². The number of amides is 1. The number of pyridine rings is 1. The Kier molecular flexibility index (Phi) is 5.03. The fourth-order valence-electron chi connectivity index (χ4n) is 1.73. The van der Waals surface area contributed by atoms with Crippen molar-refractivity contribution in [3.05, 3.63) is 52.2 Å². The zero-order chi connectivity index (χ0) is 15.1. The summed E-state index contributed by atoms with van der Waals surface area (Å²) in [5.74, 6) is 0.186. The van der Waals surface area contributed by atoms with Crippen LogP contribution in [0.2, 0.25) is 0 Å². The topological polar surface area (TPSA) is 99.8 Å². The fraction of sp³-hybridized carbons (Fsp3) is 0.286. The number of hydrogen-bond donors (Lipinski definition) is 3. The number of aromatic nitrogens is 3. The van der Waals surface area contributed by atoms with Crippen LogP contribution in [-0.4, -0.2) is 33.9 Å². The Morgan fingerprint density at radius 1 is 1.24 bits per heavy atom. The molecule has 7 heteroatoms. The van der Waals surface area contributed by atoms with Crippen molar-refractivity contribution in [1.29, 1.82) is 0 Å². The minimum atomic E-state index is -0.372. The van der Waals surface area contributed by atoms with E-state index in [0.717, 1.165) is 5.69 Å². The predicted molar refractivity (Wildman–Crippen MR) is 79.3 cm³/mol. The molecule has 0 atom stereocenters. The van der Waals surface area contributed by atoms with Gasteiger partial charge >= 0.3 is 0 Å². The van der Waals surface area contributed by atoms with Crippen LogP contribution >= 0.6 is 0 Å². The number of anilines is 1. The van der Waals surface area contributed by atoms with E-state index in [1.807, 2.05) is 0 Å². The molecule has 0 saturated heterocycles. The summed E-state index contributed by atoms with van der Waals surface area (Å²) >= 11 is 0. The highest BCUT2D eigenvalue weighted by Crippen LogP contribution is 1.95. The lowest BCUT2D eigenvalue weighted by atomic mass is 10.2. The van der Waals surface area contributed by atoms with Gasteiger partial charge in [0.2, 0.25) is 5.95 Å². The number of H-pyrrole nitrogens is 1. The summed E-state index contributed by atoms with van der Waals surface area (Å²) in [5.41, 5.74) is 0.479. The van der Waals surface area contributed by atoms with Crippen LogP contribution in [0, 0.1) is 6.92 Å². The Bertz CT molecular complexity index is 654. The molecule has 1 amide bonds. The van der Waals surface area contributed by atoms with Gasteiger partial charge in [0.15, 0.2) is 0 Å². The molecule has 2 aromatic heterocycles. The summed E-state index contributed by atoms with van der Waals surface area (Å²) in [6.45, 7) is 2.86. The monoisotopic (exact) mass is 287 g/mol. The molecule has 2 heterocycles. The standard InChI is InChI=1S/C14H17N5O2/c1-10-4-5-11(13(21)19-10)12(20)15-6-2-7-16-14-17-8-3-9-18-14/h3-5,8-9H,2,6-7H2,1H3,(H,15,20)(H,19,21)(H,16,17,18). The molecule has 0 fully saturated rings. The largest absolute Gasteiger partial charge is 0.354 e. The van der Waals surface area contributed by atoms with Crippen LogP contribution in [0.25, 0.3) is 0 Å². The molecule has 2 aromatic rings. The molecule has 0 unspecified atom stereocenters. The first kappa shape index (κ1) is 14.7. The van der Waals surface area contributed by atoms with E-state index in [1.165, 1.54) is 6.07 Å². The van der Waals surface area contributed by atoms with Crippen LogP contribution < -0.4 is 16.2 Å². The second kappa shape index (κ2) is 7.18. The number of nitrogens with zero attached hydrogens (tertiary/aromatic N) is 2. The minimum absolute atomic E-state index is 0.125. The molecule has 2 rings (SSSR count). The Morgan fingerprint density at radius 3 is 2.71 bits per heavy atom. The van der Waals surface area contributed by atoms with Crippen molar-refractivity contribution in [1.82, 2.24) is 20.3 Å². The average Bonchev–Trinajstić information content (AvgIpc) is 2.47. The van der Waals surface area contributed by atoms with E-state index in [1.54, 1.807) is 31.5 Å². The molecule has 21 heavy (non-hydrogen) atoms. The maximum Gasteiger partial charge on any atom is 0.260 e. The summed E-state index contributed by atoms with van der Waals surface area (Å²) in [5, 5.41) is 5.74. The first-order valence-corrected chi connectivity index (χ1v) is 6.66. The Balaban J connectivity index is 1.73. The maximum absolute atomic E-state index is 11.8. The van der Waals surface area contributed by atoms with Crippen molar-refractivity contribution >= 4 is 11.9 Å². The van der Waals surface area contributed by atoms with E-state index in [2.05, 4.69) is 25.6 Å². The summed E-state index contributed by atoms with van der Waals surface area (Å²) in [6, 6.07) is 4.97. The fourth-order valence-corrected chi connectivity index (χ4v) is 1.73. The Labute approximate surface area is 121 Å². The number of carbonyl (C=O) groups is 1. The van der Waals surface area contributed by atoms with Gasteiger partial charge in [0.05, 0.1) is 0 Å². The molecule has 0 radical (unpaired) electrons. The Hall–Kier alpha value is -2.70. The number of hydrogen-bond acceptors (Lipinski definition) is 5. The molecular weight excluding hydrogens is 270 g/mol. The van der Waals surface area contributed by atoms with Crippen molar-refractivity contribution in [2.45, 2.75) is 13.3 Å². The zero-order valence-electron chi connectivity index (χ0n) is 11.7. The number of aromatic amines is 1. The van der Waals surface area contributed by atoms with E-state index in [-0.39, 0.29) is 17.0 Å². The van der Waals surface area contributed by atoms with E-state index in [9.17, 15) is 9.59 Å². The maximum atomic E-state index is 11.8. The van der Waals surface area contributed by atoms with Gasteiger partial charge in [-0.1, -0.05) is 0 Å². The van der Waals surface area contributed by atoms with Gasteiger partial charge in [-0.25, -0.2) is 9.97 Å². The lowest BCUT2D eigenvalue weighted by Gasteiger charge is -2.06. The third-order valence-electron chi connectivity index (χ3n) is 2.79. The van der Waals surface area contributed by atoms with Crippen molar-refractivity contribution in [3.8, 4) is 0 Å². The molecular formula is C14H17N5O2. The van der Waals surface area contributed by atoms with E-state index in [0.29, 0.717) is 25.5 Å². The normalized spacial score (nSPS) is 10.1. The molecule has 0 aliphatic rings. The molecule has 110 valence electrons. The SMILES string of the molecule is Cc1ccc(C(=O)NCCCNc2ncccn2)c(=O)[nH]1. The highest BCUT2D eigenvalue weighted by atomic mass is 16.2. The second-order valence-electron chi connectivity index (χ2n) is 4.49. The van der Waals surface area contributed by atoms with Gasteiger partial charge in [-0.3, -0.25) is 9.59 Å². The molecule has 0 aromatic carbocycles. The van der Waals surface area contributed by atoms with Crippen molar-refractivity contribution in [3.63, 3.8) is 0 Å². The smallest absolute Gasteiger partial charge is 0.260 e. The number of rotatable bonds is 6. The third-order valence-corrected chi connectivity index (χ3v) is 2.79. The number of aryl methyl sites for hydroxylation is 1. The zero-order valence-corrected chi connectivity index (χ0v) is 11.7. The number of nitrogens with one attached hydrogen (secondary N) is 3. The van der Waals surface area contributed by atoms with Crippen molar-refractivity contribution in [2.75, 3.05) is 18.4 Å². The van der Waals surface area contributed by atoms with Gasteiger partial charge in [0.1, 0.15) is 5.56 Å². The van der Waals surface area contributed by atoms with Crippen molar-refractivity contribution < 1.29 is 4.79 Å². The highest BCUT2D eigenvalue weighted by molar-refractivity contribution is 5.93. The summed E-state index contributed by atoms with van der Waals surface area (Å²) in [6.07, 6.45) is 4.01. The summed E-state index contributed by atoms with van der Waals surface area (Å²) in [7, 11) is 0. The van der Waals surface area contributed by atoms with Gasteiger partial charge in [-0.15, -0.1) is 0 Å². The average molecular weight is 287 g/mol. The van der Waals surface area contributed by atoms with Crippen LogP contribution in [-0.2, 0) is 0 Å². The molecule has 0 aliphatic carbocycles. The Morgan fingerprint density at radius 2 is 2.00 bits per heavy atom. The van der Waals surface area contributed by atoms with Crippen LogP contribution in [0.5, 0.6) is 0 Å². The molecule has 0 aliphatic heterocycles. The lowest BCUT2D eigenvalue weighted by Crippen LogP contribution is -2.31. The third kappa shape index (κ3) is 4.41. The van der Waals surface area contributed by atoms with E-state index in [4.69, 9.17) is 0 Å². The quantitative estimate of drug-likeness (QED) is 0.679. The van der Waals surface area contributed by atoms with E-state index < -0.39 is 0 Å². The van der Waals surface area contributed by atoms with Gasteiger partial charge in [-0.2, -0.15) is 0 Å². The second-order valence-corrected chi connectivity index (χ2v) is 4.49. The van der Waals surface area contributed by atoms with Crippen LogP contribution in [0.4, 0.5) is 5.95 Å². The predicted octanol–water partition coefficient (Wildman–Crippen LogP) is 0.705. The van der Waals surface area contributed by atoms with Crippen LogP contribution in [0.15, 0.2) is 35.4 Å². The molecule has 3 N–H and O–H groups in total. The molecule has 0 saturated carbocycles. The highest BCUT2D eigenvalue weighted by Gasteiger charge is 2.09. The van der Waals surface area contributed by atoms with Gasteiger partial charge in [-0.05, 0) is 31.5 Å². The van der Waals surface area contributed by atoms with Crippen molar-refractivity contribution in [2.24, 2.45) is 0 Å². The first-order valence-electron chi connectivity index (χ1n) is 6.66. The molecule has 7 nitrogen and oxygen atoms in total. The lowest BCUT2D eigenvalue weighted by molar-refractivity contribution is 0.0952. The van der Waals surface area contributed by atoms with E-state index >= 15 is 0 Å². The van der Waals surface area contributed by atoms with Gasteiger partial charge in [0.25, 0.3) is 11.5 Å². The van der Waals surface area contributed by atoms with Gasteiger partial charge < -0.3 is 15.6 Å². The van der Waals surface area contributed by atoms with Crippen LogP contribution in [0.3, 0.4) is 0 Å². The number of carbonyl (C=O) groups excluding carboxylic acids is 1. The molecule has 0 spiro atoms. The minimum Gasteiger partial charge on any atom is -0.354 e. The summed E-state index contributed by atoms with van der Waals surface area (Å²) in [4.78, 5) is 34.1.